The Kier molecular flexibility index (Phi) is 4.26. The van der Waals surface area contributed by atoms with Crippen LogP contribution in [0.5, 0.6) is 0 Å². The van der Waals surface area contributed by atoms with E-state index in [2.05, 4.69) is 38.3 Å². The van der Waals surface area contributed by atoms with Crippen LogP contribution in [-0.4, -0.2) is 11.0 Å². The lowest BCUT2D eigenvalue weighted by atomic mass is 10.1. The summed E-state index contributed by atoms with van der Waals surface area (Å²) in [6.07, 6.45) is 2.40. The molecule has 1 saturated carbocycles. The predicted molar refractivity (Wildman–Crippen MR) is 89.3 cm³/mol. The van der Waals surface area contributed by atoms with Crippen molar-refractivity contribution in [1.82, 2.24) is 0 Å². The van der Waals surface area contributed by atoms with Crippen LogP contribution in [0.1, 0.15) is 23.3 Å². The molecule has 21 heavy (non-hydrogen) atoms. The zero-order valence-corrected chi connectivity index (χ0v) is 13.8. The van der Waals surface area contributed by atoms with E-state index in [9.17, 15) is 10.1 Å². The minimum atomic E-state index is -0.318. The molecule has 0 amide bonds. The second-order valence-electron chi connectivity index (χ2n) is 5.14. The lowest BCUT2D eigenvalue weighted by molar-refractivity contribution is -0.385. The molecule has 0 radical (unpaired) electrons. The average molecular weight is 367 g/mol. The normalized spacial score (nSPS) is 14.1. The molecule has 1 heterocycles. The molecule has 1 aliphatic carbocycles. The molecule has 6 heteroatoms. The van der Waals surface area contributed by atoms with Gasteiger partial charge in [-0.05, 0) is 36.4 Å². The standard InChI is InChI=1S/C15H15BrN2O2S/c16-9-11-8-13(5-6-15(11)18(19)20)17(12-3-4-12)10-14-2-1-7-21-14/h1-2,5-8,12H,3-4,9-10H2. The second kappa shape index (κ2) is 6.15. The molecule has 1 aromatic heterocycles. The monoisotopic (exact) mass is 366 g/mol. The van der Waals surface area contributed by atoms with Gasteiger partial charge in [0, 0.05) is 33.6 Å². The summed E-state index contributed by atoms with van der Waals surface area (Å²) < 4.78 is 0. The van der Waals surface area contributed by atoms with E-state index in [1.54, 1.807) is 17.4 Å². The molecule has 0 spiro atoms. The Morgan fingerprint density at radius 1 is 1.38 bits per heavy atom. The Hall–Kier alpha value is -1.40. The first-order chi connectivity index (χ1) is 10.2. The van der Waals surface area contributed by atoms with E-state index >= 15 is 0 Å². The fourth-order valence-electron chi connectivity index (χ4n) is 2.42. The molecule has 1 aromatic carbocycles. The molecular formula is C15H15BrN2O2S. The van der Waals surface area contributed by atoms with Crippen LogP contribution in [0.15, 0.2) is 35.7 Å². The van der Waals surface area contributed by atoms with Gasteiger partial charge in [0.25, 0.3) is 5.69 Å². The van der Waals surface area contributed by atoms with Gasteiger partial charge in [0.1, 0.15) is 0 Å². The van der Waals surface area contributed by atoms with Crippen molar-refractivity contribution >= 4 is 38.6 Å². The first-order valence-electron chi connectivity index (χ1n) is 6.81. The number of nitro groups is 1. The molecule has 3 rings (SSSR count). The van der Waals surface area contributed by atoms with Gasteiger partial charge < -0.3 is 4.90 Å². The Morgan fingerprint density at radius 2 is 2.19 bits per heavy atom. The molecule has 0 saturated heterocycles. The molecule has 1 aliphatic rings. The molecule has 4 nitrogen and oxygen atoms in total. The van der Waals surface area contributed by atoms with E-state index in [1.165, 1.54) is 17.7 Å². The van der Waals surface area contributed by atoms with Crippen LogP contribution < -0.4 is 4.90 Å². The molecule has 0 N–H and O–H groups in total. The van der Waals surface area contributed by atoms with Crippen molar-refractivity contribution in [2.75, 3.05) is 4.90 Å². The van der Waals surface area contributed by atoms with Gasteiger partial charge in [-0.25, -0.2) is 0 Å². The third-order valence-corrected chi connectivity index (χ3v) is 5.09. The number of hydrogen-bond donors (Lipinski definition) is 0. The van der Waals surface area contributed by atoms with Gasteiger partial charge in [0.15, 0.2) is 0 Å². The van der Waals surface area contributed by atoms with Crippen LogP contribution >= 0.6 is 27.3 Å². The fraction of sp³-hybridized carbons (Fsp3) is 0.333. The van der Waals surface area contributed by atoms with Crippen LogP contribution in [0, 0.1) is 10.1 Å². The summed E-state index contributed by atoms with van der Waals surface area (Å²) in [5.74, 6) is 0. The number of anilines is 1. The first kappa shape index (κ1) is 14.5. The highest BCUT2D eigenvalue weighted by molar-refractivity contribution is 9.08. The number of nitrogens with zero attached hydrogens (tertiary/aromatic N) is 2. The summed E-state index contributed by atoms with van der Waals surface area (Å²) in [7, 11) is 0. The van der Waals surface area contributed by atoms with E-state index in [1.807, 2.05) is 12.1 Å². The summed E-state index contributed by atoms with van der Waals surface area (Å²) in [5.41, 5.74) is 1.99. The molecule has 110 valence electrons. The Morgan fingerprint density at radius 3 is 2.76 bits per heavy atom. The van der Waals surface area contributed by atoms with Crippen LogP contribution in [0.2, 0.25) is 0 Å². The third-order valence-electron chi connectivity index (χ3n) is 3.63. The van der Waals surface area contributed by atoms with Gasteiger partial charge in [-0.3, -0.25) is 10.1 Å². The van der Waals surface area contributed by atoms with Gasteiger partial charge in [-0.1, -0.05) is 22.0 Å². The maximum absolute atomic E-state index is 11.0. The summed E-state index contributed by atoms with van der Waals surface area (Å²) in [6, 6.07) is 10.2. The van der Waals surface area contributed by atoms with Crippen molar-refractivity contribution in [2.45, 2.75) is 30.8 Å². The van der Waals surface area contributed by atoms with E-state index < -0.39 is 0 Å². The van der Waals surface area contributed by atoms with Crippen molar-refractivity contribution in [2.24, 2.45) is 0 Å². The molecule has 0 atom stereocenters. The van der Waals surface area contributed by atoms with Crippen LogP contribution in [-0.2, 0) is 11.9 Å². The predicted octanol–water partition coefficient (Wildman–Crippen LogP) is 4.72. The Labute approximate surface area is 135 Å². The number of hydrogen-bond acceptors (Lipinski definition) is 4. The van der Waals surface area contributed by atoms with Crippen LogP contribution in [0.3, 0.4) is 0 Å². The first-order valence-corrected chi connectivity index (χ1v) is 8.81. The number of rotatable bonds is 6. The lowest BCUT2D eigenvalue weighted by Gasteiger charge is -2.24. The minimum Gasteiger partial charge on any atom is -0.363 e. The highest BCUT2D eigenvalue weighted by atomic mass is 79.9. The maximum atomic E-state index is 11.0. The number of halogens is 1. The Balaban J connectivity index is 1.90. The molecule has 0 unspecified atom stereocenters. The van der Waals surface area contributed by atoms with Crippen LogP contribution in [0.4, 0.5) is 11.4 Å². The quantitative estimate of drug-likeness (QED) is 0.422. The Bertz CT molecular complexity index is 641. The maximum Gasteiger partial charge on any atom is 0.273 e. The van der Waals surface area contributed by atoms with Gasteiger partial charge in [0.2, 0.25) is 0 Å². The number of alkyl halides is 1. The van der Waals surface area contributed by atoms with Crippen molar-refractivity contribution < 1.29 is 4.92 Å². The zero-order chi connectivity index (χ0) is 14.8. The SMILES string of the molecule is O=[N+]([O-])c1ccc(N(Cc2cccs2)C2CC2)cc1CBr. The molecule has 2 aromatic rings. The highest BCUT2D eigenvalue weighted by Gasteiger charge is 2.30. The van der Waals surface area contributed by atoms with E-state index in [4.69, 9.17) is 0 Å². The van der Waals surface area contributed by atoms with Gasteiger partial charge in [-0.2, -0.15) is 0 Å². The molecule has 0 bridgehead atoms. The number of nitro benzene ring substituents is 1. The van der Waals surface area contributed by atoms with E-state index in [-0.39, 0.29) is 10.6 Å². The lowest BCUT2D eigenvalue weighted by Crippen LogP contribution is -2.24. The van der Waals surface area contributed by atoms with E-state index in [0.717, 1.165) is 17.8 Å². The summed E-state index contributed by atoms with van der Waals surface area (Å²) in [6.45, 7) is 0.877. The fourth-order valence-corrected chi connectivity index (χ4v) is 3.58. The van der Waals surface area contributed by atoms with E-state index in [0.29, 0.717) is 11.4 Å². The van der Waals surface area contributed by atoms with Crippen molar-refractivity contribution in [3.63, 3.8) is 0 Å². The smallest absolute Gasteiger partial charge is 0.273 e. The largest absolute Gasteiger partial charge is 0.363 e. The van der Waals surface area contributed by atoms with Gasteiger partial charge in [0.05, 0.1) is 11.5 Å². The van der Waals surface area contributed by atoms with Gasteiger partial charge >= 0.3 is 0 Å². The summed E-state index contributed by atoms with van der Waals surface area (Å²) >= 11 is 5.10. The zero-order valence-electron chi connectivity index (χ0n) is 11.4. The van der Waals surface area contributed by atoms with Crippen molar-refractivity contribution in [3.05, 3.63) is 56.3 Å². The second-order valence-corrected chi connectivity index (χ2v) is 6.74. The number of benzene rings is 1. The summed E-state index contributed by atoms with van der Waals surface area (Å²) in [4.78, 5) is 14.4. The molecule has 1 fully saturated rings. The topological polar surface area (TPSA) is 46.4 Å². The number of thiophene rings is 1. The average Bonchev–Trinajstić information content (AvgIpc) is 3.20. The van der Waals surface area contributed by atoms with Crippen molar-refractivity contribution in [1.29, 1.82) is 0 Å². The molecular weight excluding hydrogens is 352 g/mol. The van der Waals surface area contributed by atoms with Crippen molar-refractivity contribution in [3.8, 4) is 0 Å². The minimum absolute atomic E-state index is 0.183. The molecule has 0 aliphatic heterocycles. The third kappa shape index (κ3) is 3.27. The highest BCUT2D eigenvalue weighted by Crippen LogP contribution is 2.36. The summed E-state index contributed by atoms with van der Waals surface area (Å²) in [5, 5.41) is 13.6. The van der Waals surface area contributed by atoms with Crippen LogP contribution in [0.25, 0.3) is 0 Å². The van der Waals surface area contributed by atoms with Gasteiger partial charge in [-0.15, -0.1) is 11.3 Å².